The van der Waals surface area contributed by atoms with E-state index in [4.69, 9.17) is 5.73 Å². The summed E-state index contributed by atoms with van der Waals surface area (Å²) < 4.78 is 2.66. The van der Waals surface area contributed by atoms with E-state index in [1.54, 1.807) is 0 Å². The molecule has 0 fully saturated rings. The van der Waals surface area contributed by atoms with Crippen LogP contribution in [0.2, 0.25) is 0 Å². The summed E-state index contributed by atoms with van der Waals surface area (Å²) >= 11 is 1.87. The second kappa shape index (κ2) is 12.2. The predicted molar refractivity (Wildman–Crippen MR) is 214 cm³/mol. The molecule has 0 spiro atoms. The molecule has 8 aromatic carbocycles. The Morgan fingerprint density at radius 1 is 0.490 bits per heavy atom. The maximum absolute atomic E-state index is 6.62. The van der Waals surface area contributed by atoms with E-state index in [0.717, 1.165) is 28.8 Å². The molecule has 9 rings (SSSR count). The average Bonchev–Trinajstić information content (AvgIpc) is 3.55. The fourth-order valence-electron chi connectivity index (χ4n) is 7.31. The summed E-state index contributed by atoms with van der Waals surface area (Å²) in [5.74, 6) is 0. The Kier molecular flexibility index (Phi) is 7.30. The van der Waals surface area contributed by atoms with E-state index < -0.39 is 0 Å². The van der Waals surface area contributed by atoms with Gasteiger partial charge in [0.15, 0.2) is 0 Å². The monoisotopic (exact) mass is 643 g/mol. The third kappa shape index (κ3) is 5.27. The molecule has 0 saturated heterocycles. The fraction of sp³-hybridized carbons (Fsp3) is 0.0213. The van der Waals surface area contributed by atoms with E-state index in [-0.39, 0.29) is 0 Å². The molecule has 0 unspecified atom stereocenters. The van der Waals surface area contributed by atoms with Crippen LogP contribution in [-0.2, 0) is 6.42 Å². The molecule has 0 atom stereocenters. The van der Waals surface area contributed by atoms with Crippen molar-refractivity contribution in [3.63, 3.8) is 0 Å². The van der Waals surface area contributed by atoms with Crippen molar-refractivity contribution in [2.75, 3.05) is 0 Å². The molecule has 1 nitrogen and oxygen atoms in total. The SMILES string of the molecule is N/C(=C\C(=C/Cc1ccc2c(c1)c1ccccc1c1cccc(-c3ccc4c(c3)sc3ccccc34)c12)c1ccccc1)c1ccccc1. The second-order valence-corrected chi connectivity index (χ2v) is 13.7. The Labute approximate surface area is 289 Å². The molecular weight excluding hydrogens is 611 g/mol. The van der Waals surface area contributed by atoms with E-state index >= 15 is 0 Å². The Balaban J connectivity index is 1.20. The number of hydrogen-bond acceptors (Lipinski definition) is 2. The van der Waals surface area contributed by atoms with Gasteiger partial charge in [-0.2, -0.15) is 0 Å². The van der Waals surface area contributed by atoms with Crippen LogP contribution in [0.5, 0.6) is 0 Å². The molecule has 0 bridgehead atoms. The molecule has 0 aliphatic rings. The van der Waals surface area contributed by atoms with Gasteiger partial charge in [0.25, 0.3) is 0 Å². The number of rotatable bonds is 6. The summed E-state index contributed by atoms with van der Waals surface area (Å²) in [6.07, 6.45) is 5.20. The van der Waals surface area contributed by atoms with Gasteiger partial charge in [0.05, 0.1) is 0 Å². The number of thiophene rings is 1. The maximum Gasteiger partial charge on any atom is 0.0393 e. The van der Waals surface area contributed by atoms with Crippen molar-refractivity contribution < 1.29 is 0 Å². The largest absolute Gasteiger partial charge is 0.398 e. The van der Waals surface area contributed by atoms with Crippen molar-refractivity contribution in [3.05, 3.63) is 193 Å². The molecule has 2 N–H and O–H groups in total. The van der Waals surface area contributed by atoms with E-state index in [9.17, 15) is 0 Å². The molecule has 9 aromatic rings. The van der Waals surface area contributed by atoms with Gasteiger partial charge in [-0.05, 0) is 90.3 Å². The van der Waals surface area contributed by atoms with Gasteiger partial charge in [-0.1, -0.05) is 158 Å². The first-order chi connectivity index (χ1) is 24.2. The van der Waals surface area contributed by atoms with Crippen LogP contribution < -0.4 is 5.73 Å². The summed E-state index contributed by atoms with van der Waals surface area (Å²) in [5, 5.41) is 10.4. The lowest BCUT2D eigenvalue weighted by molar-refractivity contribution is 1.28. The molecule has 0 amide bonds. The van der Waals surface area contributed by atoms with Crippen LogP contribution in [-0.4, -0.2) is 0 Å². The van der Waals surface area contributed by atoms with E-state index in [2.05, 4.69) is 158 Å². The Bertz CT molecular complexity index is 2730. The molecular formula is C47H33NS. The van der Waals surface area contributed by atoms with Crippen molar-refractivity contribution in [2.45, 2.75) is 6.42 Å². The summed E-state index contributed by atoms with van der Waals surface area (Å²) in [7, 11) is 0. The molecule has 0 aliphatic heterocycles. The van der Waals surface area contributed by atoms with Gasteiger partial charge in [-0.25, -0.2) is 0 Å². The maximum atomic E-state index is 6.62. The lowest BCUT2D eigenvalue weighted by Gasteiger charge is -2.15. The normalized spacial score (nSPS) is 12.5. The number of allylic oxidation sites excluding steroid dienone is 3. The lowest BCUT2D eigenvalue weighted by atomic mass is 9.88. The number of benzene rings is 8. The standard InChI is InChI=1S/C47H33NS/c48-44(33-14-5-2-6-15-33)29-34(32-12-3-1-4-13-32)24-22-31-23-26-42-43(28-31)38-17-8-7-16-37(38)41-20-11-19-36(47(41)42)35-25-27-40-39-18-9-10-21-45(39)49-46(40)30-35/h1-21,23-30H,22,48H2/b34-24+,44-29-. The predicted octanol–water partition coefficient (Wildman–Crippen LogP) is 12.8. The van der Waals surface area contributed by atoms with Gasteiger partial charge in [0.2, 0.25) is 0 Å². The second-order valence-electron chi connectivity index (χ2n) is 12.7. The van der Waals surface area contributed by atoms with Gasteiger partial charge in [0, 0.05) is 25.9 Å². The molecule has 2 heteroatoms. The quantitative estimate of drug-likeness (QED) is 0.142. The highest BCUT2D eigenvalue weighted by Gasteiger charge is 2.15. The first-order valence-corrected chi connectivity index (χ1v) is 17.6. The lowest BCUT2D eigenvalue weighted by Crippen LogP contribution is -1.97. The zero-order chi connectivity index (χ0) is 32.7. The highest BCUT2D eigenvalue weighted by Crippen LogP contribution is 2.42. The molecule has 0 aliphatic carbocycles. The highest BCUT2D eigenvalue weighted by atomic mass is 32.1. The topological polar surface area (TPSA) is 26.0 Å². The van der Waals surface area contributed by atoms with E-state index in [1.165, 1.54) is 69.2 Å². The number of nitrogens with two attached hydrogens (primary N) is 1. The third-order valence-electron chi connectivity index (χ3n) is 9.70. The summed E-state index contributed by atoms with van der Waals surface area (Å²) in [6, 6.07) is 59.1. The van der Waals surface area contributed by atoms with Crippen LogP contribution in [0.25, 0.3) is 74.9 Å². The minimum absolute atomic E-state index is 0.757. The smallest absolute Gasteiger partial charge is 0.0393 e. The van der Waals surface area contributed by atoms with Crippen molar-refractivity contribution in [1.82, 2.24) is 0 Å². The summed E-state index contributed by atoms with van der Waals surface area (Å²) in [6.45, 7) is 0. The molecule has 1 aromatic heterocycles. The minimum atomic E-state index is 0.757. The van der Waals surface area contributed by atoms with Crippen LogP contribution in [0.4, 0.5) is 0 Å². The Morgan fingerprint density at radius 2 is 1.10 bits per heavy atom. The van der Waals surface area contributed by atoms with Crippen LogP contribution in [0.3, 0.4) is 0 Å². The fourth-order valence-corrected chi connectivity index (χ4v) is 8.46. The van der Waals surface area contributed by atoms with Gasteiger partial charge in [-0.15, -0.1) is 11.3 Å². The average molecular weight is 644 g/mol. The van der Waals surface area contributed by atoms with E-state index in [0.29, 0.717) is 0 Å². The molecule has 0 radical (unpaired) electrons. The zero-order valence-corrected chi connectivity index (χ0v) is 27.8. The van der Waals surface area contributed by atoms with Gasteiger partial charge >= 0.3 is 0 Å². The van der Waals surface area contributed by atoms with Gasteiger partial charge < -0.3 is 5.73 Å². The molecule has 1 heterocycles. The molecule has 0 saturated carbocycles. The summed E-state index contributed by atoms with van der Waals surface area (Å²) in [4.78, 5) is 0. The van der Waals surface area contributed by atoms with Crippen LogP contribution in [0.15, 0.2) is 176 Å². The van der Waals surface area contributed by atoms with E-state index in [1.807, 2.05) is 29.5 Å². The molecule has 232 valence electrons. The van der Waals surface area contributed by atoms with Crippen LogP contribution in [0.1, 0.15) is 16.7 Å². The highest BCUT2D eigenvalue weighted by molar-refractivity contribution is 7.25. The summed E-state index contributed by atoms with van der Waals surface area (Å²) in [5.41, 5.74) is 14.5. The Morgan fingerprint density at radius 3 is 1.90 bits per heavy atom. The van der Waals surface area contributed by atoms with Crippen molar-refractivity contribution >= 4 is 75.1 Å². The number of fused-ring (bicyclic) bond motifs is 9. The first kappa shape index (κ1) is 29.2. The van der Waals surface area contributed by atoms with Crippen molar-refractivity contribution in [3.8, 4) is 11.1 Å². The van der Waals surface area contributed by atoms with Crippen LogP contribution >= 0.6 is 11.3 Å². The minimum Gasteiger partial charge on any atom is -0.398 e. The van der Waals surface area contributed by atoms with Gasteiger partial charge in [0.1, 0.15) is 0 Å². The zero-order valence-electron chi connectivity index (χ0n) is 26.9. The van der Waals surface area contributed by atoms with Gasteiger partial charge in [-0.3, -0.25) is 0 Å². The Hall–Kier alpha value is -5.96. The number of hydrogen-bond donors (Lipinski definition) is 1. The van der Waals surface area contributed by atoms with Crippen molar-refractivity contribution in [2.24, 2.45) is 5.73 Å². The first-order valence-electron chi connectivity index (χ1n) is 16.8. The van der Waals surface area contributed by atoms with Crippen LogP contribution in [0, 0.1) is 0 Å². The van der Waals surface area contributed by atoms with Crippen molar-refractivity contribution in [1.29, 1.82) is 0 Å². The third-order valence-corrected chi connectivity index (χ3v) is 10.8. The molecule has 49 heavy (non-hydrogen) atoms.